The van der Waals surface area contributed by atoms with Gasteiger partial charge in [-0.05, 0) is 31.5 Å². The van der Waals surface area contributed by atoms with Crippen LogP contribution in [0.1, 0.15) is 40.5 Å². The molecular weight excluding hydrogens is 314 g/mol. The summed E-state index contributed by atoms with van der Waals surface area (Å²) in [5.74, 6) is 0.377. The first-order valence-electron chi connectivity index (χ1n) is 8.01. The number of anilines is 2. The number of aromatic amines is 1. The third-order valence-corrected chi connectivity index (χ3v) is 3.70. The van der Waals surface area contributed by atoms with Crippen LogP contribution in [0.5, 0.6) is 0 Å². The number of hydrogen-bond acceptors (Lipinski definition) is 4. The van der Waals surface area contributed by atoms with Gasteiger partial charge in [0.25, 0.3) is 5.56 Å². The Bertz CT molecular complexity index is 650. The van der Waals surface area contributed by atoms with Crippen molar-refractivity contribution in [2.24, 2.45) is 5.92 Å². The molecular formula is C15H27N5O2S. The van der Waals surface area contributed by atoms with Crippen LogP contribution in [0.4, 0.5) is 11.5 Å². The van der Waals surface area contributed by atoms with Crippen LogP contribution >= 0.6 is 12.2 Å². The van der Waals surface area contributed by atoms with Gasteiger partial charge in [0.1, 0.15) is 5.82 Å². The Morgan fingerprint density at radius 2 is 2.04 bits per heavy atom. The summed E-state index contributed by atoms with van der Waals surface area (Å²) in [6.45, 7) is 9.59. The molecule has 0 radical (unpaired) electrons. The third-order valence-electron chi connectivity index (χ3n) is 3.34. The van der Waals surface area contributed by atoms with E-state index in [1.165, 1.54) is 4.57 Å². The van der Waals surface area contributed by atoms with Gasteiger partial charge in [-0.25, -0.2) is 4.79 Å². The lowest BCUT2D eigenvalue weighted by Gasteiger charge is -2.27. The quantitative estimate of drug-likeness (QED) is 0.647. The lowest BCUT2D eigenvalue weighted by molar-refractivity contribution is 0.507. The van der Waals surface area contributed by atoms with Gasteiger partial charge in [-0.3, -0.25) is 14.3 Å². The summed E-state index contributed by atoms with van der Waals surface area (Å²) in [7, 11) is 0. The molecule has 1 heterocycles. The second kappa shape index (κ2) is 8.71. The van der Waals surface area contributed by atoms with E-state index in [0.29, 0.717) is 24.7 Å². The number of nitrogen functional groups attached to an aromatic ring is 1. The van der Waals surface area contributed by atoms with Crippen LogP contribution in [0.15, 0.2) is 9.59 Å². The molecule has 4 N–H and O–H groups in total. The average molecular weight is 341 g/mol. The van der Waals surface area contributed by atoms with Crippen LogP contribution in [0.25, 0.3) is 0 Å². The van der Waals surface area contributed by atoms with E-state index in [2.05, 4.69) is 17.2 Å². The lowest BCUT2D eigenvalue weighted by atomic mass is 10.2. The summed E-state index contributed by atoms with van der Waals surface area (Å²) in [5, 5.41) is 3.48. The highest BCUT2D eigenvalue weighted by molar-refractivity contribution is 7.80. The predicted molar refractivity (Wildman–Crippen MR) is 99.1 cm³/mol. The molecule has 130 valence electrons. The smallest absolute Gasteiger partial charge is 0.330 e. The standard InChI is InChI=1S/C15H27N5O2S/c1-5-7-8-19(15(23)17-6-2)11-12(16)20(9-10(3)4)14(22)18-13(11)21/h10H,5-9,16H2,1-4H3,(H,17,23)(H,18,21,22). The maximum absolute atomic E-state index is 12.3. The number of hydrogen-bond donors (Lipinski definition) is 3. The van der Waals surface area contributed by atoms with Crippen LogP contribution in [-0.4, -0.2) is 27.8 Å². The van der Waals surface area contributed by atoms with E-state index in [9.17, 15) is 9.59 Å². The second-order valence-electron chi connectivity index (χ2n) is 5.84. The van der Waals surface area contributed by atoms with Gasteiger partial charge in [0.2, 0.25) is 0 Å². The zero-order chi connectivity index (χ0) is 17.6. The minimum absolute atomic E-state index is 0.156. The summed E-state index contributed by atoms with van der Waals surface area (Å²) < 4.78 is 1.40. The lowest BCUT2D eigenvalue weighted by Crippen LogP contribution is -2.46. The van der Waals surface area contributed by atoms with Crippen LogP contribution in [0.2, 0.25) is 0 Å². The van der Waals surface area contributed by atoms with Crippen molar-refractivity contribution in [3.63, 3.8) is 0 Å². The fourth-order valence-corrected chi connectivity index (χ4v) is 2.59. The van der Waals surface area contributed by atoms with Gasteiger partial charge in [0, 0.05) is 19.6 Å². The first-order chi connectivity index (χ1) is 10.8. The molecule has 0 fully saturated rings. The van der Waals surface area contributed by atoms with Crippen LogP contribution < -0.4 is 27.2 Å². The Hall–Kier alpha value is -1.83. The van der Waals surface area contributed by atoms with Gasteiger partial charge in [-0.15, -0.1) is 0 Å². The summed E-state index contributed by atoms with van der Waals surface area (Å²) in [6, 6.07) is 0. The van der Waals surface area contributed by atoms with Gasteiger partial charge >= 0.3 is 5.69 Å². The number of aromatic nitrogens is 2. The SMILES string of the molecule is CCCCN(C(=S)NCC)c1c(N)n(CC(C)C)c(=O)[nH]c1=O. The second-order valence-corrected chi connectivity index (χ2v) is 6.22. The Kier molecular flexibility index (Phi) is 7.28. The van der Waals surface area contributed by atoms with E-state index >= 15 is 0 Å². The monoisotopic (exact) mass is 341 g/mol. The third kappa shape index (κ3) is 4.82. The molecule has 0 aromatic carbocycles. The van der Waals surface area contributed by atoms with Crippen molar-refractivity contribution in [1.82, 2.24) is 14.9 Å². The summed E-state index contributed by atoms with van der Waals surface area (Å²) in [6.07, 6.45) is 1.81. The number of thiocarbonyl (C=S) groups is 1. The van der Waals surface area contributed by atoms with E-state index in [4.69, 9.17) is 18.0 Å². The summed E-state index contributed by atoms with van der Waals surface area (Å²) in [4.78, 5) is 28.4. The Labute approximate surface area is 141 Å². The Balaban J connectivity index is 3.42. The van der Waals surface area contributed by atoms with Crippen LogP contribution in [-0.2, 0) is 6.54 Å². The highest BCUT2D eigenvalue weighted by Gasteiger charge is 2.21. The van der Waals surface area contributed by atoms with Crippen molar-refractivity contribution in [2.45, 2.75) is 47.1 Å². The minimum Gasteiger partial charge on any atom is -0.383 e. The van der Waals surface area contributed by atoms with Gasteiger partial charge < -0.3 is 16.0 Å². The van der Waals surface area contributed by atoms with Crippen molar-refractivity contribution in [2.75, 3.05) is 23.7 Å². The summed E-state index contributed by atoms with van der Waals surface area (Å²) >= 11 is 5.37. The molecule has 0 amide bonds. The number of nitrogens with two attached hydrogens (primary N) is 1. The van der Waals surface area contributed by atoms with Crippen molar-refractivity contribution >= 4 is 28.8 Å². The van der Waals surface area contributed by atoms with Gasteiger partial charge in [0.15, 0.2) is 10.8 Å². The molecule has 7 nitrogen and oxygen atoms in total. The number of H-pyrrole nitrogens is 1. The van der Waals surface area contributed by atoms with E-state index in [-0.39, 0.29) is 17.4 Å². The molecule has 0 aliphatic carbocycles. The van der Waals surface area contributed by atoms with Gasteiger partial charge in [-0.1, -0.05) is 27.2 Å². The first kappa shape index (κ1) is 19.2. The number of nitrogens with one attached hydrogen (secondary N) is 2. The highest BCUT2D eigenvalue weighted by Crippen LogP contribution is 2.18. The molecule has 1 aromatic heterocycles. The van der Waals surface area contributed by atoms with Crippen LogP contribution in [0.3, 0.4) is 0 Å². The van der Waals surface area contributed by atoms with Crippen molar-refractivity contribution in [1.29, 1.82) is 0 Å². The fourth-order valence-electron chi connectivity index (χ4n) is 2.26. The van der Waals surface area contributed by atoms with E-state index < -0.39 is 11.2 Å². The molecule has 0 spiro atoms. The maximum Gasteiger partial charge on any atom is 0.330 e. The molecule has 0 atom stereocenters. The molecule has 0 aliphatic rings. The zero-order valence-electron chi connectivity index (χ0n) is 14.3. The first-order valence-corrected chi connectivity index (χ1v) is 8.42. The van der Waals surface area contributed by atoms with Crippen molar-refractivity contribution in [3.05, 3.63) is 20.8 Å². The van der Waals surface area contributed by atoms with E-state index in [1.807, 2.05) is 20.8 Å². The van der Waals surface area contributed by atoms with Crippen LogP contribution in [0, 0.1) is 5.92 Å². The topological polar surface area (TPSA) is 96.2 Å². The fraction of sp³-hybridized carbons (Fsp3) is 0.667. The molecule has 0 aliphatic heterocycles. The zero-order valence-corrected chi connectivity index (χ0v) is 15.1. The number of unbranched alkanes of at least 4 members (excludes halogenated alkanes) is 1. The molecule has 1 rings (SSSR count). The van der Waals surface area contributed by atoms with Crippen molar-refractivity contribution in [3.8, 4) is 0 Å². The largest absolute Gasteiger partial charge is 0.383 e. The van der Waals surface area contributed by atoms with Gasteiger partial charge in [0.05, 0.1) is 0 Å². The maximum atomic E-state index is 12.3. The average Bonchev–Trinajstić information content (AvgIpc) is 2.46. The molecule has 0 unspecified atom stereocenters. The van der Waals surface area contributed by atoms with E-state index in [0.717, 1.165) is 12.8 Å². The molecule has 1 aromatic rings. The number of rotatable bonds is 7. The Morgan fingerprint density at radius 1 is 1.39 bits per heavy atom. The van der Waals surface area contributed by atoms with Gasteiger partial charge in [-0.2, -0.15) is 0 Å². The molecule has 23 heavy (non-hydrogen) atoms. The molecule has 0 saturated heterocycles. The minimum atomic E-state index is -0.510. The molecule has 0 bridgehead atoms. The highest BCUT2D eigenvalue weighted by atomic mass is 32.1. The van der Waals surface area contributed by atoms with E-state index in [1.54, 1.807) is 4.90 Å². The predicted octanol–water partition coefficient (Wildman–Crippen LogP) is 1.28. The Morgan fingerprint density at radius 3 is 2.57 bits per heavy atom. The van der Waals surface area contributed by atoms with Crippen molar-refractivity contribution < 1.29 is 0 Å². The number of nitrogens with zero attached hydrogens (tertiary/aromatic N) is 2. The normalized spacial score (nSPS) is 10.8. The molecule has 0 saturated carbocycles. The molecule has 8 heteroatoms. The summed E-state index contributed by atoms with van der Waals surface area (Å²) in [5.41, 5.74) is 5.39.